The number of nitrogens with one attached hydrogen (secondary N) is 1. The molecule has 0 aromatic heterocycles. The number of rotatable bonds is 4. The fraction of sp³-hybridized carbons (Fsp3) is 0.333. The van der Waals surface area contributed by atoms with Crippen LogP contribution in [0.25, 0.3) is 0 Å². The van der Waals surface area contributed by atoms with E-state index in [0.717, 1.165) is 0 Å². The van der Waals surface area contributed by atoms with Crippen LogP contribution in [0.1, 0.15) is 22.8 Å². The number of aliphatic hydroxyl groups is 2. The molecule has 0 aliphatic heterocycles. The number of nitrogens with zero attached hydrogens (tertiary/aromatic N) is 1. The number of amides is 1. The van der Waals surface area contributed by atoms with Gasteiger partial charge in [-0.25, -0.2) is 0 Å². The first-order valence-electron chi connectivity index (χ1n) is 5.10. The van der Waals surface area contributed by atoms with Crippen molar-refractivity contribution in [1.82, 2.24) is 5.32 Å². The Kier molecular flexibility index (Phi) is 4.21. The van der Waals surface area contributed by atoms with Gasteiger partial charge in [0.05, 0.1) is 18.2 Å². The molecular weight excluding hydrogens is 220 g/mol. The van der Waals surface area contributed by atoms with Gasteiger partial charge in [0.15, 0.2) is 0 Å². The minimum absolute atomic E-state index is 0.0564. The van der Waals surface area contributed by atoms with Crippen molar-refractivity contribution >= 4 is 5.91 Å². The lowest BCUT2D eigenvalue weighted by atomic mass is 10.1. The Bertz CT molecular complexity index is 449. The van der Waals surface area contributed by atoms with E-state index in [0.29, 0.717) is 11.1 Å². The predicted molar refractivity (Wildman–Crippen MR) is 61.2 cm³/mol. The Morgan fingerprint density at radius 1 is 1.59 bits per heavy atom. The third-order valence-electron chi connectivity index (χ3n) is 2.22. The van der Waals surface area contributed by atoms with Crippen LogP contribution in [0.5, 0.6) is 0 Å². The summed E-state index contributed by atoms with van der Waals surface area (Å²) in [6.07, 6.45) is 0. The lowest BCUT2D eigenvalue weighted by molar-refractivity contribution is 0.00320. The summed E-state index contributed by atoms with van der Waals surface area (Å²) in [7, 11) is 0. The van der Waals surface area contributed by atoms with Gasteiger partial charge in [-0.1, -0.05) is 6.07 Å². The summed E-state index contributed by atoms with van der Waals surface area (Å²) in [6.45, 7) is 0.920. The van der Waals surface area contributed by atoms with E-state index in [1.54, 1.807) is 18.2 Å². The maximum atomic E-state index is 11.7. The predicted octanol–water partition coefficient (Wildman–Crippen LogP) is 0.0314. The molecule has 0 saturated carbocycles. The highest BCUT2D eigenvalue weighted by Crippen LogP contribution is 2.05. The minimum Gasteiger partial charge on any atom is -0.393 e. The van der Waals surface area contributed by atoms with E-state index < -0.39 is 18.1 Å². The largest absolute Gasteiger partial charge is 0.393 e. The van der Waals surface area contributed by atoms with Gasteiger partial charge in [-0.2, -0.15) is 5.26 Å². The third kappa shape index (κ3) is 3.87. The first kappa shape index (κ1) is 13.2. The Morgan fingerprint density at radius 3 is 2.88 bits per heavy atom. The van der Waals surface area contributed by atoms with Crippen LogP contribution in [-0.2, 0) is 0 Å². The quantitative estimate of drug-likeness (QED) is 0.685. The van der Waals surface area contributed by atoms with Gasteiger partial charge in [0, 0.05) is 12.1 Å². The topological polar surface area (TPSA) is 93.3 Å². The van der Waals surface area contributed by atoms with Crippen LogP contribution in [0.4, 0.5) is 0 Å². The lowest BCUT2D eigenvalue weighted by Crippen LogP contribution is -2.43. The standard InChI is InChI=1S/C12H14N2O3/c1-12(17,8-15)7-14-11(16)10-4-2-3-9(5-10)6-13/h2-5,15,17H,7-8H2,1H3,(H,14,16). The Hall–Kier alpha value is -1.90. The van der Waals surface area contributed by atoms with Crippen LogP contribution in [0.15, 0.2) is 24.3 Å². The first-order valence-corrected chi connectivity index (χ1v) is 5.10. The molecule has 0 bridgehead atoms. The van der Waals surface area contributed by atoms with E-state index in [2.05, 4.69) is 5.32 Å². The number of hydrogen-bond donors (Lipinski definition) is 3. The molecule has 1 aromatic carbocycles. The van der Waals surface area contributed by atoms with Gasteiger partial charge in [-0.15, -0.1) is 0 Å². The van der Waals surface area contributed by atoms with Crippen LogP contribution in [0.3, 0.4) is 0 Å². The molecule has 3 N–H and O–H groups in total. The second-order valence-electron chi connectivity index (χ2n) is 4.03. The number of benzene rings is 1. The fourth-order valence-electron chi connectivity index (χ4n) is 1.16. The molecule has 1 rings (SSSR count). The zero-order chi connectivity index (χ0) is 12.9. The molecule has 1 atom stereocenters. The second kappa shape index (κ2) is 5.43. The zero-order valence-electron chi connectivity index (χ0n) is 9.47. The third-order valence-corrected chi connectivity index (χ3v) is 2.22. The van der Waals surface area contributed by atoms with Crippen molar-refractivity contribution in [3.05, 3.63) is 35.4 Å². The van der Waals surface area contributed by atoms with Crippen LogP contribution in [0.2, 0.25) is 0 Å². The maximum Gasteiger partial charge on any atom is 0.251 e. The molecule has 5 nitrogen and oxygen atoms in total. The summed E-state index contributed by atoms with van der Waals surface area (Å²) in [4.78, 5) is 11.7. The van der Waals surface area contributed by atoms with E-state index in [4.69, 9.17) is 10.4 Å². The molecule has 0 radical (unpaired) electrons. The zero-order valence-corrected chi connectivity index (χ0v) is 9.47. The minimum atomic E-state index is -1.34. The van der Waals surface area contributed by atoms with Crippen LogP contribution in [-0.4, -0.2) is 34.9 Å². The van der Waals surface area contributed by atoms with Gasteiger partial charge < -0.3 is 15.5 Å². The molecule has 0 aliphatic rings. The van der Waals surface area contributed by atoms with Crippen molar-refractivity contribution < 1.29 is 15.0 Å². The monoisotopic (exact) mass is 234 g/mol. The highest BCUT2D eigenvalue weighted by atomic mass is 16.3. The second-order valence-corrected chi connectivity index (χ2v) is 4.03. The van der Waals surface area contributed by atoms with Crippen molar-refractivity contribution in [2.45, 2.75) is 12.5 Å². The average Bonchev–Trinajstić information content (AvgIpc) is 2.36. The van der Waals surface area contributed by atoms with Gasteiger partial charge in [0.2, 0.25) is 0 Å². The van der Waals surface area contributed by atoms with Crippen molar-refractivity contribution in [2.75, 3.05) is 13.2 Å². The van der Waals surface area contributed by atoms with Crippen LogP contribution in [0, 0.1) is 11.3 Å². The van der Waals surface area contributed by atoms with Gasteiger partial charge in [-0.3, -0.25) is 4.79 Å². The van der Waals surface area contributed by atoms with Crippen molar-refractivity contribution in [2.24, 2.45) is 0 Å². The maximum absolute atomic E-state index is 11.7. The summed E-state index contributed by atoms with van der Waals surface area (Å²) >= 11 is 0. The van der Waals surface area contributed by atoms with Crippen LogP contribution < -0.4 is 5.32 Å². The molecular formula is C12H14N2O3. The highest BCUT2D eigenvalue weighted by Gasteiger charge is 2.20. The molecule has 5 heteroatoms. The first-order chi connectivity index (χ1) is 7.98. The Morgan fingerprint density at radius 2 is 2.29 bits per heavy atom. The summed E-state index contributed by atoms with van der Waals surface area (Å²) < 4.78 is 0. The van der Waals surface area contributed by atoms with E-state index in [-0.39, 0.29) is 6.54 Å². The van der Waals surface area contributed by atoms with E-state index in [9.17, 15) is 9.90 Å². The van der Waals surface area contributed by atoms with Crippen molar-refractivity contribution in [3.8, 4) is 6.07 Å². The lowest BCUT2D eigenvalue weighted by Gasteiger charge is -2.20. The summed E-state index contributed by atoms with van der Waals surface area (Å²) in [5, 5.41) is 29.5. The normalized spacial score (nSPS) is 13.5. The smallest absolute Gasteiger partial charge is 0.251 e. The Balaban J connectivity index is 2.68. The summed E-state index contributed by atoms with van der Waals surface area (Å²) in [5.74, 6) is -0.393. The number of carbonyl (C=O) groups is 1. The van der Waals surface area contributed by atoms with Gasteiger partial charge in [0.1, 0.15) is 5.60 Å². The van der Waals surface area contributed by atoms with E-state index in [1.165, 1.54) is 13.0 Å². The molecule has 1 aromatic rings. The average molecular weight is 234 g/mol. The van der Waals surface area contributed by atoms with Gasteiger partial charge in [-0.05, 0) is 25.1 Å². The Labute approximate surface area is 99.3 Å². The molecule has 1 amide bonds. The number of carbonyl (C=O) groups excluding carboxylic acids is 1. The molecule has 17 heavy (non-hydrogen) atoms. The summed E-state index contributed by atoms with van der Waals surface area (Å²) in [6, 6.07) is 8.18. The van der Waals surface area contributed by atoms with E-state index >= 15 is 0 Å². The highest BCUT2D eigenvalue weighted by molar-refractivity contribution is 5.94. The van der Waals surface area contributed by atoms with Gasteiger partial charge in [0.25, 0.3) is 5.91 Å². The molecule has 0 fully saturated rings. The molecule has 1 unspecified atom stereocenters. The fourth-order valence-corrected chi connectivity index (χ4v) is 1.16. The van der Waals surface area contributed by atoms with Gasteiger partial charge >= 0.3 is 0 Å². The van der Waals surface area contributed by atoms with Crippen molar-refractivity contribution in [3.63, 3.8) is 0 Å². The van der Waals surface area contributed by atoms with Crippen molar-refractivity contribution in [1.29, 1.82) is 5.26 Å². The molecule has 0 spiro atoms. The van der Waals surface area contributed by atoms with E-state index in [1.807, 2.05) is 6.07 Å². The summed E-state index contributed by atoms with van der Waals surface area (Å²) in [5.41, 5.74) is -0.605. The number of hydrogen-bond acceptors (Lipinski definition) is 4. The molecule has 90 valence electrons. The number of nitriles is 1. The molecule has 0 saturated heterocycles. The van der Waals surface area contributed by atoms with Crippen LogP contribution >= 0.6 is 0 Å². The number of aliphatic hydroxyl groups excluding tert-OH is 1. The SMILES string of the molecule is CC(O)(CO)CNC(=O)c1cccc(C#N)c1. The molecule has 0 aliphatic carbocycles. The molecule has 0 heterocycles.